The molecule has 1 aliphatic rings. The minimum Gasteiger partial charge on any atom is -0.338 e. The lowest BCUT2D eigenvalue weighted by atomic mass is 10.1. The molecule has 1 unspecified atom stereocenters. The molecule has 2 aromatic carbocycles. The molecule has 1 N–H and O–H groups in total. The molecule has 0 radical (unpaired) electrons. The fourth-order valence-electron chi connectivity index (χ4n) is 3.24. The molecule has 7 nitrogen and oxygen atoms in total. The number of carbonyl (C=O) groups excluding carboxylic acids is 1. The van der Waals surface area contributed by atoms with Crippen molar-refractivity contribution in [3.8, 4) is 0 Å². The number of hydrogen-bond acceptors (Lipinski definition) is 5. The maximum absolute atomic E-state index is 12.9. The first-order chi connectivity index (χ1) is 14.3. The fourth-order valence-corrected chi connectivity index (χ4v) is 6.14. The summed E-state index contributed by atoms with van der Waals surface area (Å²) in [5.41, 5.74) is -1.30. The Bertz CT molecular complexity index is 1210. The van der Waals surface area contributed by atoms with Crippen LogP contribution in [-0.2, 0) is 26.0 Å². The van der Waals surface area contributed by atoms with Crippen LogP contribution in [0.2, 0.25) is 0 Å². The van der Waals surface area contributed by atoms with Gasteiger partial charge in [0.1, 0.15) is 0 Å². The quantitative estimate of drug-likeness (QED) is 0.715. The number of rotatable bonds is 5. The number of anilines is 1. The molecule has 1 fully saturated rings. The Morgan fingerprint density at radius 3 is 2.42 bits per heavy atom. The van der Waals surface area contributed by atoms with Crippen LogP contribution in [0.4, 0.5) is 18.9 Å². The average Bonchev–Trinajstić information content (AvgIpc) is 3.06. The number of hydrogen-bond donors (Lipinski definition) is 1. The molecule has 2 aromatic rings. The predicted octanol–water partition coefficient (Wildman–Crippen LogP) is 2.77. The minimum atomic E-state index is -4.72. The van der Waals surface area contributed by atoms with Crippen molar-refractivity contribution in [3.63, 3.8) is 0 Å². The van der Waals surface area contributed by atoms with E-state index in [1.54, 1.807) is 0 Å². The van der Waals surface area contributed by atoms with Crippen LogP contribution in [0, 0.1) is 0 Å². The number of sulfone groups is 1. The summed E-state index contributed by atoms with van der Waals surface area (Å²) in [5.74, 6) is -0.837. The van der Waals surface area contributed by atoms with E-state index in [9.17, 15) is 34.8 Å². The van der Waals surface area contributed by atoms with E-state index in [0.717, 1.165) is 18.2 Å². The number of benzene rings is 2. The van der Waals surface area contributed by atoms with E-state index in [-0.39, 0.29) is 29.2 Å². The molecule has 3 rings (SSSR count). The van der Waals surface area contributed by atoms with Gasteiger partial charge in [0.05, 0.1) is 33.2 Å². The second-order valence-electron chi connectivity index (χ2n) is 7.15. The van der Waals surface area contributed by atoms with E-state index in [0.29, 0.717) is 6.07 Å². The maximum Gasteiger partial charge on any atom is 0.416 e. The molecule has 1 aliphatic heterocycles. The highest BCUT2D eigenvalue weighted by molar-refractivity contribution is 7.92. The Balaban J connectivity index is 1.89. The molecule has 31 heavy (non-hydrogen) atoms. The number of halogens is 3. The van der Waals surface area contributed by atoms with E-state index >= 15 is 0 Å². The topological polar surface area (TPSA) is 101 Å². The summed E-state index contributed by atoms with van der Waals surface area (Å²) < 4.78 is 89.7. The number of carbonyl (C=O) groups is 1. The summed E-state index contributed by atoms with van der Waals surface area (Å²) in [7, 11) is -6.25. The van der Waals surface area contributed by atoms with Gasteiger partial charge in [-0.05, 0) is 36.8 Å². The molecular weight excluding hydrogens is 457 g/mol. The zero-order chi connectivity index (χ0) is 23.0. The zero-order valence-electron chi connectivity index (χ0n) is 16.3. The second kappa shape index (κ2) is 8.15. The lowest BCUT2D eigenvalue weighted by Gasteiger charge is -2.24. The molecule has 168 valence electrons. The summed E-state index contributed by atoms with van der Waals surface area (Å²) >= 11 is 0. The predicted molar refractivity (Wildman–Crippen MR) is 108 cm³/mol. The number of nitrogens with zero attached hydrogens (tertiary/aromatic N) is 1. The molecule has 1 amide bonds. The van der Waals surface area contributed by atoms with E-state index in [2.05, 4.69) is 4.72 Å². The van der Waals surface area contributed by atoms with Crippen molar-refractivity contribution >= 4 is 31.5 Å². The Hall–Kier alpha value is -2.60. The summed E-state index contributed by atoms with van der Waals surface area (Å²) in [6.45, 7) is 0. The molecule has 1 saturated heterocycles. The van der Waals surface area contributed by atoms with E-state index in [1.807, 2.05) is 0 Å². The Kier molecular flexibility index (Phi) is 6.07. The third kappa shape index (κ3) is 5.18. The van der Waals surface area contributed by atoms with Crippen molar-refractivity contribution in [1.29, 1.82) is 0 Å². The van der Waals surface area contributed by atoms with Gasteiger partial charge in [0.2, 0.25) is 0 Å². The first-order valence-electron chi connectivity index (χ1n) is 9.07. The zero-order valence-corrected chi connectivity index (χ0v) is 17.9. The Morgan fingerprint density at radius 1 is 1.13 bits per heavy atom. The minimum absolute atomic E-state index is 0.0426. The Labute approximate surface area is 177 Å². The molecule has 0 aliphatic carbocycles. The summed E-state index contributed by atoms with van der Waals surface area (Å²) in [6.07, 6.45) is -4.45. The highest BCUT2D eigenvalue weighted by Crippen LogP contribution is 2.31. The maximum atomic E-state index is 12.9. The molecule has 0 spiro atoms. The van der Waals surface area contributed by atoms with Crippen LogP contribution in [0.1, 0.15) is 22.3 Å². The SMILES string of the molecule is CN(C(=O)c1ccccc1NS(=O)(=O)c1cccc(C(F)(F)F)c1)C1CCS(=O)(=O)C1. The third-order valence-corrected chi connectivity index (χ3v) is 8.06. The van der Waals surface area contributed by atoms with E-state index < -0.39 is 48.4 Å². The van der Waals surface area contributed by atoms with Crippen LogP contribution < -0.4 is 4.72 Å². The number of nitrogens with one attached hydrogen (secondary N) is 1. The lowest BCUT2D eigenvalue weighted by molar-refractivity contribution is -0.137. The van der Waals surface area contributed by atoms with Gasteiger partial charge < -0.3 is 4.90 Å². The van der Waals surface area contributed by atoms with Crippen LogP contribution in [0.15, 0.2) is 53.4 Å². The van der Waals surface area contributed by atoms with Gasteiger partial charge in [-0.3, -0.25) is 9.52 Å². The van der Waals surface area contributed by atoms with Gasteiger partial charge in [0.15, 0.2) is 9.84 Å². The molecular formula is C19H19F3N2O5S2. The molecule has 0 saturated carbocycles. The van der Waals surface area contributed by atoms with Gasteiger partial charge in [-0.1, -0.05) is 18.2 Å². The standard InChI is InChI=1S/C19H19F3N2O5S2/c1-24(14-9-10-30(26,27)12-14)18(25)16-7-2-3-8-17(16)23-31(28,29)15-6-4-5-13(11-15)19(20,21)22/h2-8,11,14,23H,9-10,12H2,1H3. The first-order valence-corrected chi connectivity index (χ1v) is 12.4. The van der Waals surface area contributed by atoms with E-state index in [1.165, 1.54) is 36.2 Å². The van der Waals surface area contributed by atoms with Gasteiger partial charge >= 0.3 is 6.18 Å². The van der Waals surface area contributed by atoms with Crippen LogP contribution in [-0.4, -0.2) is 52.2 Å². The number of alkyl halides is 3. The summed E-state index contributed by atoms with van der Waals surface area (Å²) in [5, 5.41) is 0. The van der Waals surface area contributed by atoms with E-state index in [4.69, 9.17) is 0 Å². The van der Waals surface area contributed by atoms with Crippen molar-refractivity contribution < 1.29 is 34.8 Å². The lowest BCUT2D eigenvalue weighted by Crippen LogP contribution is -2.38. The number of para-hydroxylation sites is 1. The monoisotopic (exact) mass is 476 g/mol. The van der Waals surface area contributed by atoms with Crippen LogP contribution >= 0.6 is 0 Å². The molecule has 12 heteroatoms. The highest BCUT2D eigenvalue weighted by atomic mass is 32.2. The van der Waals surface area contributed by atoms with Gasteiger partial charge in [-0.15, -0.1) is 0 Å². The normalized spacial score (nSPS) is 18.5. The van der Waals surface area contributed by atoms with Gasteiger partial charge in [-0.2, -0.15) is 13.2 Å². The van der Waals surface area contributed by atoms with Crippen molar-refractivity contribution in [2.75, 3.05) is 23.3 Å². The van der Waals surface area contributed by atoms with Crippen LogP contribution in [0.3, 0.4) is 0 Å². The van der Waals surface area contributed by atoms with Crippen molar-refractivity contribution in [2.45, 2.75) is 23.5 Å². The number of sulfonamides is 1. The Morgan fingerprint density at radius 2 is 1.81 bits per heavy atom. The first kappa shape index (κ1) is 23.1. The second-order valence-corrected chi connectivity index (χ2v) is 11.1. The summed E-state index contributed by atoms with van der Waals surface area (Å²) in [6, 6.07) is 8.30. The molecule has 0 aromatic heterocycles. The molecule has 1 atom stereocenters. The van der Waals surface area contributed by atoms with Crippen LogP contribution in [0.5, 0.6) is 0 Å². The van der Waals surface area contributed by atoms with Crippen molar-refractivity contribution in [3.05, 3.63) is 59.7 Å². The summed E-state index contributed by atoms with van der Waals surface area (Å²) in [4.78, 5) is 13.5. The van der Waals surface area contributed by atoms with Crippen molar-refractivity contribution in [2.24, 2.45) is 0 Å². The average molecular weight is 476 g/mol. The van der Waals surface area contributed by atoms with Gasteiger partial charge in [0, 0.05) is 13.1 Å². The van der Waals surface area contributed by atoms with Crippen LogP contribution in [0.25, 0.3) is 0 Å². The smallest absolute Gasteiger partial charge is 0.338 e. The largest absolute Gasteiger partial charge is 0.416 e. The van der Waals surface area contributed by atoms with Gasteiger partial charge in [-0.25, -0.2) is 16.8 Å². The van der Waals surface area contributed by atoms with Gasteiger partial charge in [0.25, 0.3) is 15.9 Å². The van der Waals surface area contributed by atoms with Crippen molar-refractivity contribution in [1.82, 2.24) is 4.90 Å². The molecule has 1 heterocycles. The highest BCUT2D eigenvalue weighted by Gasteiger charge is 2.34. The number of amides is 1. The molecule has 0 bridgehead atoms. The third-order valence-electron chi connectivity index (χ3n) is 4.95. The fraction of sp³-hybridized carbons (Fsp3) is 0.316.